The molecule has 37 heavy (non-hydrogen) atoms. The molecule has 192 valence electrons. The first kappa shape index (κ1) is 26.5. The number of benzene rings is 2. The summed E-state index contributed by atoms with van der Waals surface area (Å²) in [7, 11) is 0. The van der Waals surface area contributed by atoms with Crippen LogP contribution in [0.4, 0.5) is 11.5 Å². The van der Waals surface area contributed by atoms with Gasteiger partial charge in [0.15, 0.2) is 0 Å². The van der Waals surface area contributed by atoms with Gasteiger partial charge in [0, 0.05) is 34.3 Å². The number of anilines is 1. The molecule has 3 heteroatoms. The van der Waals surface area contributed by atoms with Gasteiger partial charge in [-0.3, -0.25) is 0 Å². The average molecular weight is 492 g/mol. The van der Waals surface area contributed by atoms with E-state index < -0.39 is 0 Å². The van der Waals surface area contributed by atoms with Crippen LogP contribution in [0.1, 0.15) is 82.6 Å². The number of hydrogen-bond acceptors (Lipinski definition) is 2. The highest BCUT2D eigenvalue weighted by molar-refractivity contribution is 5.99. The molecule has 2 aliphatic carbocycles. The molecule has 0 amide bonds. The maximum absolute atomic E-state index is 4.94. The Labute approximate surface area is 223 Å². The summed E-state index contributed by atoms with van der Waals surface area (Å²) in [5.41, 5.74) is 10.7. The SMILES string of the molecule is C=Cc1ccc(-c2c3c(c(/N=C\C)n2C2(C)CC2)C(=C)CC=C3Nc2ccc(CCC)cc2)cc1.CC. The average Bonchev–Trinajstić information content (AvgIpc) is 3.57. The Morgan fingerprint density at radius 2 is 1.70 bits per heavy atom. The van der Waals surface area contributed by atoms with E-state index in [4.69, 9.17) is 4.99 Å². The first-order valence-corrected chi connectivity index (χ1v) is 13.7. The monoisotopic (exact) mass is 491 g/mol. The normalized spacial score (nSPS) is 15.5. The van der Waals surface area contributed by atoms with Crippen molar-refractivity contribution >= 4 is 35.1 Å². The highest BCUT2D eigenvalue weighted by Gasteiger charge is 2.45. The fraction of sp³-hybridized carbons (Fsp3) is 0.324. The van der Waals surface area contributed by atoms with Crippen molar-refractivity contribution in [1.29, 1.82) is 0 Å². The van der Waals surface area contributed by atoms with E-state index in [1.165, 1.54) is 27.9 Å². The molecule has 2 aliphatic rings. The van der Waals surface area contributed by atoms with Gasteiger partial charge in [0.2, 0.25) is 0 Å². The van der Waals surface area contributed by atoms with Gasteiger partial charge in [-0.25, -0.2) is 4.99 Å². The van der Waals surface area contributed by atoms with Crippen molar-refractivity contribution < 1.29 is 0 Å². The maximum atomic E-state index is 4.94. The van der Waals surface area contributed by atoms with Gasteiger partial charge < -0.3 is 9.88 Å². The molecule has 1 N–H and O–H groups in total. The van der Waals surface area contributed by atoms with Crippen LogP contribution in [-0.4, -0.2) is 10.8 Å². The lowest BCUT2D eigenvalue weighted by Crippen LogP contribution is -2.14. The number of fused-ring (bicyclic) bond motifs is 1. The standard InChI is InChI=1S/C32H35N3.C2H6/c1-6-9-24-13-17-26(18-14-24)34-27-19-10-22(4)28-29(27)30(25-15-11-23(7-2)12-16-25)35(31(28)33-8-3)32(5)20-21-32;1-2/h7-8,11-19,34H,2,4,6,9-10,20-21H2,1,3,5H3;1-2H3/b33-8-;. The zero-order valence-electron chi connectivity index (χ0n) is 23.2. The summed E-state index contributed by atoms with van der Waals surface area (Å²) in [6.07, 6.45) is 11.5. The summed E-state index contributed by atoms with van der Waals surface area (Å²) in [6.45, 7) is 19.0. The Balaban J connectivity index is 0.00000156. The lowest BCUT2D eigenvalue weighted by Gasteiger charge is -2.21. The van der Waals surface area contributed by atoms with Gasteiger partial charge in [-0.15, -0.1) is 0 Å². The molecular weight excluding hydrogens is 450 g/mol. The van der Waals surface area contributed by atoms with E-state index in [9.17, 15) is 0 Å². The van der Waals surface area contributed by atoms with E-state index in [0.29, 0.717) is 0 Å². The molecule has 0 atom stereocenters. The quantitative estimate of drug-likeness (QED) is 0.312. The summed E-state index contributed by atoms with van der Waals surface area (Å²) in [4.78, 5) is 4.94. The molecule has 0 saturated heterocycles. The van der Waals surface area contributed by atoms with Gasteiger partial charge in [-0.05, 0) is 73.9 Å². The third-order valence-electron chi connectivity index (χ3n) is 7.28. The number of allylic oxidation sites excluding steroid dienone is 2. The van der Waals surface area contributed by atoms with Crippen molar-refractivity contribution in [1.82, 2.24) is 4.57 Å². The van der Waals surface area contributed by atoms with Crippen LogP contribution in [0.2, 0.25) is 0 Å². The summed E-state index contributed by atoms with van der Waals surface area (Å²) in [5.74, 6) is 1.03. The molecule has 5 rings (SSSR count). The number of nitrogens with one attached hydrogen (secondary N) is 1. The lowest BCUT2D eigenvalue weighted by atomic mass is 9.90. The molecule has 2 aromatic carbocycles. The van der Waals surface area contributed by atoms with Gasteiger partial charge in [0.25, 0.3) is 0 Å². The topological polar surface area (TPSA) is 29.3 Å². The Kier molecular flexibility index (Phi) is 8.02. The van der Waals surface area contributed by atoms with Crippen molar-refractivity contribution in [2.24, 2.45) is 4.99 Å². The van der Waals surface area contributed by atoms with Gasteiger partial charge in [-0.1, -0.05) is 88.9 Å². The summed E-state index contributed by atoms with van der Waals surface area (Å²) >= 11 is 0. The summed E-state index contributed by atoms with van der Waals surface area (Å²) in [5, 5.41) is 3.75. The number of aryl methyl sites for hydroxylation is 1. The second-order valence-corrected chi connectivity index (χ2v) is 9.97. The second kappa shape index (κ2) is 11.2. The minimum absolute atomic E-state index is 0.0683. The number of hydrogen-bond donors (Lipinski definition) is 1. The Hall–Kier alpha value is -3.59. The summed E-state index contributed by atoms with van der Waals surface area (Å²) in [6, 6.07) is 17.6. The van der Waals surface area contributed by atoms with Gasteiger partial charge in [0.05, 0.1) is 5.69 Å². The maximum Gasteiger partial charge on any atom is 0.141 e. The fourth-order valence-corrected chi connectivity index (χ4v) is 5.12. The molecule has 1 heterocycles. The lowest BCUT2D eigenvalue weighted by molar-refractivity contribution is 0.544. The largest absolute Gasteiger partial charge is 0.355 e. The van der Waals surface area contributed by atoms with E-state index in [0.717, 1.165) is 60.4 Å². The Bertz CT molecular complexity index is 1330. The molecule has 1 aromatic heterocycles. The third-order valence-corrected chi connectivity index (χ3v) is 7.28. The minimum Gasteiger partial charge on any atom is -0.355 e. The fourth-order valence-electron chi connectivity index (χ4n) is 5.12. The number of rotatable bonds is 8. The van der Waals surface area contributed by atoms with Crippen molar-refractivity contribution in [3.8, 4) is 11.3 Å². The zero-order chi connectivity index (χ0) is 26.6. The van der Waals surface area contributed by atoms with Crippen LogP contribution in [0.5, 0.6) is 0 Å². The van der Waals surface area contributed by atoms with Crippen molar-refractivity contribution in [3.05, 3.63) is 90.0 Å². The van der Waals surface area contributed by atoms with Crippen molar-refractivity contribution in [3.63, 3.8) is 0 Å². The first-order chi connectivity index (χ1) is 18.0. The first-order valence-electron chi connectivity index (χ1n) is 13.7. The predicted octanol–water partition coefficient (Wildman–Crippen LogP) is 9.88. The zero-order valence-corrected chi connectivity index (χ0v) is 23.2. The van der Waals surface area contributed by atoms with E-state index in [2.05, 4.69) is 91.5 Å². The molecule has 3 nitrogen and oxygen atoms in total. The molecule has 0 bridgehead atoms. The van der Waals surface area contributed by atoms with Crippen LogP contribution in [0.3, 0.4) is 0 Å². The molecular formula is C34H41N3. The molecule has 1 saturated carbocycles. The van der Waals surface area contributed by atoms with Gasteiger partial charge in [0.1, 0.15) is 5.82 Å². The second-order valence-electron chi connectivity index (χ2n) is 9.97. The molecule has 1 fully saturated rings. The molecule has 0 spiro atoms. The minimum atomic E-state index is 0.0683. The molecule has 3 aromatic rings. The van der Waals surface area contributed by atoms with E-state index in [1.54, 1.807) is 0 Å². The third kappa shape index (κ3) is 5.13. The smallest absolute Gasteiger partial charge is 0.141 e. The van der Waals surface area contributed by atoms with E-state index in [-0.39, 0.29) is 5.54 Å². The highest BCUT2D eigenvalue weighted by atomic mass is 15.2. The predicted molar refractivity (Wildman–Crippen MR) is 164 cm³/mol. The van der Waals surface area contributed by atoms with Crippen LogP contribution in [-0.2, 0) is 12.0 Å². The van der Waals surface area contributed by atoms with E-state index in [1.807, 2.05) is 33.1 Å². The van der Waals surface area contributed by atoms with Crippen molar-refractivity contribution in [2.75, 3.05) is 5.32 Å². The van der Waals surface area contributed by atoms with Gasteiger partial charge in [-0.2, -0.15) is 0 Å². The highest BCUT2D eigenvalue weighted by Crippen LogP contribution is 2.55. The van der Waals surface area contributed by atoms with Crippen LogP contribution in [0.25, 0.3) is 28.6 Å². The van der Waals surface area contributed by atoms with Gasteiger partial charge >= 0.3 is 0 Å². The molecule has 0 aliphatic heterocycles. The van der Waals surface area contributed by atoms with Crippen molar-refractivity contribution in [2.45, 2.75) is 72.3 Å². The van der Waals surface area contributed by atoms with E-state index >= 15 is 0 Å². The summed E-state index contributed by atoms with van der Waals surface area (Å²) < 4.78 is 2.48. The molecule has 0 radical (unpaired) electrons. The Morgan fingerprint density at radius 3 is 2.27 bits per heavy atom. The van der Waals surface area contributed by atoms with Crippen LogP contribution < -0.4 is 5.32 Å². The Morgan fingerprint density at radius 1 is 1.03 bits per heavy atom. The molecule has 0 unspecified atom stereocenters. The number of aromatic nitrogens is 1. The van der Waals surface area contributed by atoms with Crippen LogP contribution >= 0.6 is 0 Å². The number of aliphatic imine (C=N–C) groups is 1. The number of nitrogens with zero attached hydrogens (tertiary/aromatic N) is 2. The van der Waals surface area contributed by atoms with Crippen LogP contribution in [0, 0.1) is 0 Å². The van der Waals surface area contributed by atoms with Crippen LogP contribution in [0.15, 0.2) is 72.8 Å².